The molecule has 7 heteroatoms. The summed E-state index contributed by atoms with van der Waals surface area (Å²) in [4.78, 5) is 29.5. The Morgan fingerprint density at radius 2 is 2.00 bits per heavy atom. The molecule has 3 aliphatic rings. The van der Waals surface area contributed by atoms with Crippen molar-refractivity contribution >= 4 is 23.4 Å². The second kappa shape index (κ2) is 9.56. The van der Waals surface area contributed by atoms with Crippen LogP contribution in [-0.4, -0.2) is 67.5 Å². The van der Waals surface area contributed by atoms with E-state index in [1.807, 2.05) is 9.80 Å². The number of methoxy groups -OCH3 is 1. The Bertz CT molecular complexity index is 781. The predicted molar refractivity (Wildman–Crippen MR) is 117 cm³/mol. The van der Waals surface area contributed by atoms with Gasteiger partial charge in [-0.1, -0.05) is 11.6 Å². The van der Waals surface area contributed by atoms with Crippen molar-refractivity contribution in [3.8, 4) is 5.75 Å². The van der Waals surface area contributed by atoms with E-state index in [0.717, 1.165) is 64.8 Å². The summed E-state index contributed by atoms with van der Waals surface area (Å²) in [6.07, 6.45) is 5.95. The fourth-order valence-corrected chi connectivity index (χ4v) is 5.46. The summed E-state index contributed by atoms with van der Waals surface area (Å²) in [5.41, 5.74) is 0.533. The van der Waals surface area contributed by atoms with E-state index in [2.05, 4.69) is 5.32 Å². The summed E-state index contributed by atoms with van der Waals surface area (Å²) in [5.74, 6) is 1.76. The Kier molecular flexibility index (Phi) is 6.84. The van der Waals surface area contributed by atoms with Crippen molar-refractivity contribution in [2.24, 2.45) is 11.8 Å². The van der Waals surface area contributed by atoms with Gasteiger partial charge in [-0.3, -0.25) is 9.59 Å². The molecule has 0 radical (unpaired) electrons. The molecule has 0 spiro atoms. The van der Waals surface area contributed by atoms with Crippen LogP contribution >= 0.6 is 11.6 Å². The third-order valence-corrected chi connectivity index (χ3v) is 7.09. The van der Waals surface area contributed by atoms with Gasteiger partial charge in [-0.15, -0.1) is 0 Å². The number of hydrogen-bond donors (Lipinski definition) is 1. The smallest absolute Gasteiger partial charge is 0.257 e. The number of amides is 2. The van der Waals surface area contributed by atoms with Crippen molar-refractivity contribution in [1.29, 1.82) is 0 Å². The average molecular weight is 434 g/mol. The molecule has 3 atom stereocenters. The quantitative estimate of drug-likeness (QED) is 0.748. The van der Waals surface area contributed by atoms with Gasteiger partial charge in [0.1, 0.15) is 5.75 Å². The number of carbonyl (C=O) groups excluding carboxylic acids is 2. The zero-order chi connectivity index (χ0) is 21.1. The number of benzene rings is 1. The van der Waals surface area contributed by atoms with E-state index in [1.165, 1.54) is 0 Å². The largest absolute Gasteiger partial charge is 0.496 e. The molecule has 2 bridgehead atoms. The van der Waals surface area contributed by atoms with E-state index in [9.17, 15) is 9.59 Å². The van der Waals surface area contributed by atoms with Crippen LogP contribution in [0.3, 0.4) is 0 Å². The fourth-order valence-electron chi connectivity index (χ4n) is 5.29. The van der Waals surface area contributed by atoms with E-state index < -0.39 is 0 Å². The molecule has 30 heavy (non-hydrogen) atoms. The van der Waals surface area contributed by atoms with Crippen molar-refractivity contribution in [2.75, 3.05) is 39.8 Å². The molecule has 6 nitrogen and oxygen atoms in total. The number of likely N-dealkylation sites (tertiary alicyclic amines) is 2. The number of hydrogen-bond acceptors (Lipinski definition) is 4. The second-order valence-corrected chi connectivity index (χ2v) is 9.35. The minimum absolute atomic E-state index is 0.00564. The van der Waals surface area contributed by atoms with Crippen LogP contribution < -0.4 is 10.1 Å². The molecule has 1 N–H and O–H groups in total. The van der Waals surface area contributed by atoms with E-state index in [-0.39, 0.29) is 5.91 Å². The Balaban J connectivity index is 1.35. The number of rotatable bonds is 6. The molecular weight excluding hydrogens is 402 g/mol. The molecule has 2 amide bonds. The van der Waals surface area contributed by atoms with Gasteiger partial charge in [0, 0.05) is 43.7 Å². The van der Waals surface area contributed by atoms with E-state index in [0.29, 0.717) is 46.5 Å². The molecule has 3 fully saturated rings. The average Bonchev–Trinajstić information content (AvgIpc) is 3.29. The summed E-state index contributed by atoms with van der Waals surface area (Å²) in [5, 5.41) is 4.23. The summed E-state index contributed by atoms with van der Waals surface area (Å²) in [6, 6.07) is 5.56. The number of carbonyl (C=O) groups is 2. The summed E-state index contributed by atoms with van der Waals surface area (Å²) in [7, 11) is 1.58. The van der Waals surface area contributed by atoms with E-state index in [1.54, 1.807) is 25.3 Å². The van der Waals surface area contributed by atoms with Crippen LogP contribution in [-0.2, 0) is 4.79 Å². The van der Waals surface area contributed by atoms with Crippen molar-refractivity contribution in [3.63, 3.8) is 0 Å². The number of fused-ring (bicyclic) bond motifs is 2. The van der Waals surface area contributed by atoms with Gasteiger partial charge in [0.15, 0.2) is 0 Å². The third kappa shape index (κ3) is 4.75. The van der Waals surface area contributed by atoms with Gasteiger partial charge in [-0.2, -0.15) is 0 Å². The van der Waals surface area contributed by atoms with Crippen molar-refractivity contribution in [2.45, 2.75) is 44.6 Å². The molecule has 3 saturated heterocycles. The molecule has 0 aromatic heterocycles. The highest BCUT2D eigenvalue weighted by Crippen LogP contribution is 2.33. The zero-order valence-electron chi connectivity index (χ0n) is 17.7. The van der Waals surface area contributed by atoms with Crippen LogP contribution in [0.25, 0.3) is 0 Å². The first kappa shape index (κ1) is 21.4. The van der Waals surface area contributed by atoms with Crippen LogP contribution in [0.2, 0.25) is 5.02 Å². The predicted octanol–water partition coefficient (Wildman–Crippen LogP) is 3.19. The monoisotopic (exact) mass is 433 g/mol. The minimum atomic E-state index is -0.00564. The fraction of sp³-hybridized carbons (Fsp3) is 0.652. The third-order valence-electron chi connectivity index (χ3n) is 6.85. The lowest BCUT2D eigenvalue weighted by Crippen LogP contribution is -2.57. The molecule has 0 saturated carbocycles. The van der Waals surface area contributed by atoms with Crippen molar-refractivity contribution < 1.29 is 14.3 Å². The molecule has 4 rings (SSSR count). The molecule has 164 valence electrons. The SMILES string of the molecule is COc1ccc(Cl)cc1C(=O)N1CC2CN[C@H](CCCC(=O)N3CCCC3)C(C2)C1. The maximum absolute atomic E-state index is 13.2. The highest BCUT2D eigenvalue weighted by molar-refractivity contribution is 6.31. The Morgan fingerprint density at radius 3 is 2.77 bits per heavy atom. The van der Waals surface area contributed by atoms with Gasteiger partial charge in [-0.05, 0) is 68.7 Å². The summed E-state index contributed by atoms with van der Waals surface area (Å²) < 4.78 is 5.39. The van der Waals surface area contributed by atoms with Gasteiger partial charge < -0.3 is 19.9 Å². The lowest BCUT2D eigenvalue weighted by atomic mass is 9.78. The summed E-state index contributed by atoms with van der Waals surface area (Å²) in [6.45, 7) is 4.28. The first-order valence-corrected chi connectivity index (χ1v) is 11.6. The second-order valence-electron chi connectivity index (χ2n) is 8.91. The van der Waals surface area contributed by atoms with Crippen LogP contribution in [0.15, 0.2) is 18.2 Å². The van der Waals surface area contributed by atoms with Gasteiger partial charge in [-0.25, -0.2) is 0 Å². The van der Waals surface area contributed by atoms with Gasteiger partial charge in [0.2, 0.25) is 5.91 Å². The first-order valence-electron chi connectivity index (χ1n) is 11.2. The lowest BCUT2D eigenvalue weighted by molar-refractivity contribution is -0.130. The van der Waals surface area contributed by atoms with Crippen LogP contribution in [0.1, 0.15) is 48.9 Å². The molecule has 0 aliphatic carbocycles. The highest BCUT2D eigenvalue weighted by atomic mass is 35.5. The highest BCUT2D eigenvalue weighted by Gasteiger charge is 2.38. The molecule has 3 heterocycles. The number of nitrogens with zero attached hydrogens (tertiary/aromatic N) is 2. The van der Waals surface area contributed by atoms with Gasteiger partial charge in [0.05, 0.1) is 12.7 Å². The molecule has 1 aromatic carbocycles. The number of ether oxygens (including phenoxy) is 1. The van der Waals surface area contributed by atoms with E-state index in [4.69, 9.17) is 16.3 Å². The molecule has 3 aliphatic heterocycles. The number of nitrogens with one attached hydrogen (secondary N) is 1. The molecule has 1 aromatic rings. The van der Waals surface area contributed by atoms with E-state index >= 15 is 0 Å². The maximum atomic E-state index is 13.2. The summed E-state index contributed by atoms with van der Waals surface area (Å²) >= 11 is 6.14. The van der Waals surface area contributed by atoms with Gasteiger partial charge >= 0.3 is 0 Å². The van der Waals surface area contributed by atoms with Crippen molar-refractivity contribution in [1.82, 2.24) is 15.1 Å². The lowest BCUT2D eigenvalue weighted by Gasteiger charge is -2.46. The standard InChI is InChI=1S/C23H32ClN3O3/c1-30-21-8-7-18(24)12-19(21)23(29)27-14-16-11-17(15-27)20(25-13-16)5-4-6-22(28)26-9-2-3-10-26/h7-8,12,16-17,20,25H,2-6,9-11,13-15H2,1H3/t16?,17?,20-/m1/s1. The van der Waals surface area contributed by atoms with Crippen LogP contribution in [0, 0.1) is 11.8 Å². The first-order chi connectivity index (χ1) is 14.5. The van der Waals surface area contributed by atoms with Gasteiger partial charge in [0.25, 0.3) is 5.91 Å². The van der Waals surface area contributed by atoms with Crippen LogP contribution in [0.4, 0.5) is 0 Å². The Morgan fingerprint density at radius 1 is 1.20 bits per heavy atom. The van der Waals surface area contributed by atoms with Crippen LogP contribution in [0.5, 0.6) is 5.75 Å². The molecular formula is C23H32ClN3O3. The Labute approximate surface area is 183 Å². The topological polar surface area (TPSA) is 61.9 Å². The normalized spacial score (nSPS) is 26.0. The Hall–Kier alpha value is -1.79. The maximum Gasteiger partial charge on any atom is 0.257 e. The zero-order valence-corrected chi connectivity index (χ0v) is 18.5. The van der Waals surface area contributed by atoms with Crippen molar-refractivity contribution in [3.05, 3.63) is 28.8 Å². The molecule has 2 unspecified atom stereocenters. The number of halogens is 1. The number of piperidine rings is 2. The minimum Gasteiger partial charge on any atom is -0.496 e.